The number of benzene rings is 3. The summed E-state index contributed by atoms with van der Waals surface area (Å²) in [5.74, 6) is -1.69. The van der Waals surface area contributed by atoms with Crippen molar-refractivity contribution in [2.75, 3.05) is 5.32 Å². The minimum atomic E-state index is -0.652. The Kier molecular flexibility index (Phi) is 6.72. The molecule has 0 saturated heterocycles. The highest BCUT2D eigenvalue weighted by Crippen LogP contribution is 2.35. The van der Waals surface area contributed by atoms with Gasteiger partial charge in [-0.05, 0) is 48.7 Å². The molecule has 1 atom stereocenters. The van der Waals surface area contributed by atoms with Gasteiger partial charge >= 0.3 is 0 Å². The van der Waals surface area contributed by atoms with E-state index in [-0.39, 0.29) is 15.5 Å². The minimum absolute atomic E-state index is 0.0541. The van der Waals surface area contributed by atoms with E-state index < -0.39 is 17.6 Å². The van der Waals surface area contributed by atoms with Crippen LogP contribution < -0.4 is 5.32 Å². The number of carbonyl (C=O) groups is 1. The first-order valence-electron chi connectivity index (χ1n) is 8.97. The number of hydrogen-bond donors (Lipinski definition) is 2. The number of nitriles is 1. The first-order chi connectivity index (χ1) is 14.2. The first kappa shape index (κ1) is 22.2. The van der Waals surface area contributed by atoms with E-state index in [4.69, 9.17) is 23.2 Å². The number of hydrogen-bond acceptors (Lipinski definition) is 3. The summed E-state index contributed by atoms with van der Waals surface area (Å²) in [6.45, 7) is 3.78. The summed E-state index contributed by atoms with van der Waals surface area (Å²) in [5, 5.41) is 12.6. The van der Waals surface area contributed by atoms with Gasteiger partial charge in [-0.25, -0.2) is 4.39 Å². The van der Waals surface area contributed by atoms with Crippen molar-refractivity contribution in [3.63, 3.8) is 0 Å². The molecule has 0 saturated carbocycles. The van der Waals surface area contributed by atoms with Gasteiger partial charge in [-0.3, -0.25) is 4.79 Å². The highest BCUT2D eigenvalue weighted by Gasteiger charge is 2.20. The maximum atomic E-state index is 13.5. The fourth-order valence-electron chi connectivity index (χ4n) is 3.06. The van der Waals surface area contributed by atoms with Crippen molar-refractivity contribution in [1.82, 2.24) is 0 Å². The van der Waals surface area contributed by atoms with Gasteiger partial charge in [0.05, 0.1) is 22.6 Å². The highest BCUT2D eigenvalue weighted by atomic mass is 35.5. The lowest BCUT2D eigenvalue weighted by atomic mass is 9.90. The normalized spacial score (nSPS) is 11.6. The number of thiol groups is 1. The van der Waals surface area contributed by atoms with E-state index in [2.05, 4.69) is 24.0 Å². The number of nitrogens with zero attached hydrogens (tertiary/aromatic N) is 1. The molecule has 0 spiro atoms. The van der Waals surface area contributed by atoms with Crippen LogP contribution in [-0.2, 0) is 0 Å². The zero-order chi connectivity index (χ0) is 22.0. The van der Waals surface area contributed by atoms with Gasteiger partial charge in [-0.1, -0.05) is 59.1 Å². The van der Waals surface area contributed by atoms with E-state index in [1.165, 1.54) is 6.07 Å². The lowest BCUT2D eigenvalue weighted by Crippen LogP contribution is -2.14. The molecule has 3 aromatic rings. The molecule has 3 nitrogen and oxygen atoms in total. The van der Waals surface area contributed by atoms with Crippen LogP contribution in [0.2, 0.25) is 10.0 Å². The van der Waals surface area contributed by atoms with Gasteiger partial charge in [-0.15, -0.1) is 12.6 Å². The van der Waals surface area contributed by atoms with Crippen LogP contribution in [0.5, 0.6) is 0 Å². The van der Waals surface area contributed by atoms with Crippen LogP contribution in [0.15, 0.2) is 53.4 Å². The Hall–Kier alpha value is -2.52. The van der Waals surface area contributed by atoms with Crippen LogP contribution in [0.3, 0.4) is 0 Å². The van der Waals surface area contributed by atoms with Crippen molar-refractivity contribution in [2.45, 2.75) is 24.7 Å². The second kappa shape index (κ2) is 9.09. The third-order valence-corrected chi connectivity index (χ3v) is 6.05. The summed E-state index contributed by atoms with van der Waals surface area (Å²) in [4.78, 5) is 12.7. The van der Waals surface area contributed by atoms with E-state index in [1.54, 1.807) is 19.1 Å². The Balaban J connectivity index is 1.93. The molecular weight excluding hydrogens is 442 g/mol. The maximum absolute atomic E-state index is 13.5. The summed E-state index contributed by atoms with van der Waals surface area (Å²) in [7, 11) is 0. The molecule has 3 aromatic carbocycles. The fraction of sp³-hybridized carbons (Fsp3) is 0.130. The average Bonchev–Trinajstić information content (AvgIpc) is 2.71. The van der Waals surface area contributed by atoms with E-state index in [9.17, 15) is 14.4 Å². The molecule has 1 amide bonds. The first-order valence-corrected chi connectivity index (χ1v) is 10.2. The third-order valence-electron chi connectivity index (χ3n) is 4.76. The van der Waals surface area contributed by atoms with Gasteiger partial charge in [-0.2, -0.15) is 5.26 Å². The number of aryl methyl sites for hydroxylation is 2. The molecule has 0 fully saturated rings. The molecule has 3 rings (SSSR count). The van der Waals surface area contributed by atoms with Gasteiger partial charge in [0.1, 0.15) is 5.82 Å². The predicted octanol–water partition coefficient (Wildman–Crippen LogP) is 6.95. The number of amides is 1. The summed E-state index contributed by atoms with van der Waals surface area (Å²) >= 11 is 16.5. The van der Waals surface area contributed by atoms with Crippen LogP contribution >= 0.6 is 35.8 Å². The largest absolute Gasteiger partial charge is 0.322 e. The zero-order valence-electron chi connectivity index (χ0n) is 16.1. The monoisotopic (exact) mass is 458 g/mol. The zero-order valence-corrected chi connectivity index (χ0v) is 18.5. The Morgan fingerprint density at radius 2 is 1.80 bits per heavy atom. The number of anilines is 1. The maximum Gasteiger partial charge on any atom is 0.256 e. The minimum Gasteiger partial charge on any atom is -0.322 e. The van der Waals surface area contributed by atoms with E-state index in [1.807, 2.05) is 31.2 Å². The highest BCUT2D eigenvalue weighted by molar-refractivity contribution is 7.80. The van der Waals surface area contributed by atoms with Crippen LogP contribution in [0.1, 0.15) is 38.5 Å². The molecule has 0 aliphatic carbocycles. The predicted molar refractivity (Wildman–Crippen MR) is 121 cm³/mol. The molecule has 0 aromatic heterocycles. The molecule has 152 valence electrons. The second-order valence-corrected chi connectivity index (χ2v) is 8.11. The Bertz CT molecular complexity index is 1170. The Morgan fingerprint density at radius 3 is 2.43 bits per heavy atom. The molecular formula is C23H17Cl2FN2OS. The number of halogens is 3. The summed E-state index contributed by atoms with van der Waals surface area (Å²) in [6, 6.07) is 15.8. The molecule has 0 aliphatic rings. The van der Waals surface area contributed by atoms with Gasteiger partial charge in [0.15, 0.2) is 0 Å². The van der Waals surface area contributed by atoms with Crippen LogP contribution in [0.25, 0.3) is 0 Å². The Morgan fingerprint density at radius 1 is 1.13 bits per heavy atom. The average molecular weight is 459 g/mol. The van der Waals surface area contributed by atoms with Crippen molar-refractivity contribution in [1.29, 1.82) is 5.26 Å². The van der Waals surface area contributed by atoms with E-state index in [0.29, 0.717) is 16.3 Å². The summed E-state index contributed by atoms with van der Waals surface area (Å²) in [6.07, 6.45) is 0. The van der Waals surface area contributed by atoms with Crippen molar-refractivity contribution in [3.8, 4) is 6.07 Å². The molecule has 1 N–H and O–H groups in total. The lowest BCUT2D eigenvalue weighted by Gasteiger charge is -2.16. The topological polar surface area (TPSA) is 52.9 Å². The van der Waals surface area contributed by atoms with Crippen molar-refractivity contribution >= 4 is 47.4 Å². The Labute approximate surface area is 189 Å². The fourth-order valence-corrected chi connectivity index (χ4v) is 3.78. The SMILES string of the molecule is Cc1ccc(C(C#N)c2cc(C)c(NC(=O)c3ccc(F)c(Cl)c3S)cc2Cl)cc1. The number of nitrogens with one attached hydrogen (secondary N) is 1. The summed E-state index contributed by atoms with van der Waals surface area (Å²) in [5.41, 5.74) is 3.92. The van der Waals surface area contributed by atoms with E-state index in [0.717, 1.165) is 22.8 Å². The van der Waals surface area contributed by atoms with Crippen LogP contribution in [0.4, 0.5) is 10.1 Å². The second-order valence-electron chi connectivity index (χ2n) is 6.87. The van der Waals surface area contributed by atoms with Crippen LogP contribution in [-0.4, -0.2) is 5.91 Å². The molecule has 0 bridgehead atoms. The van der Waals surface area contributed by atoms with E-state index >= 15 is 0 Å². The van der Waals surface area contributed by atoms with Crippen molar-refractivity contribution < 1.29 is 9.18 Å². The van der Waals surface area contributed by atoms with Gasteiger partial charge < -0.3 is 5.32 Å². The molecule has 0 heterocycles. The standard InChI is InChI=1S/C23H17Cl2FN2OS/c1-12-3-5-14(6-4-12)17(11-27)16-9-13(2)20(10-18(16)24)28-23(29)15-7-8-19(26)21(25)22(15)30/h3-10,17,30H,1-2H3,(H,28,29). The number of carbonyl (C=O) groups excluding carboxylic acids is 1. The van der Waals surface area contributed by atoms with Gasteiger partial charge in [0.25, 0.3) is 5.91 Å². The molecule has 0 aliphatic heterocycles. The number of rotatable bonds is 4. The van der Waals surface area contributed by atoms with Gasteiger partial charge in [0, 0.05) is 15.6 Å². The molecule has 7 heteroatoms. The van der Waals surface area contributed by atoms with Crippen molar-refractivity contribution in [2.24, 2.45) is 0 Å². The molecule has 1 unspecified atom stereocenters. The smallest absolute Gasteiger partial charge is 0.256 e. The molecule has 30 heavy (non-hydrogen) atoms. The van der Waals surface area contributed by atoms with Crippen molar-refractivity contribution in [3.05, 3.63) is 92.2 Å². The molecule has 0 radical (unpaired) electrons. The summed E-state index contributed by atoms with van der Waals surface area (Å²) < 4.78 is 13.5. The quantitative estimate of drug-likeness (QED) is 0.415. The van der Waals surface area contributed by atoms with Gasteiger partial charge in [0.2, 0.25) is 0 Å². The van der Waals surface area contributed by atoms with Crippen LogP contribution in [0, 0.1) is 31.0 Å². The lowest BCUT2D eigenvalue weighted by molar-refractivity contribution is 0.102. The third kappa shape index (κ3) is 4.46.